The lowest BCUT2D eigenvalue weighted by atomic mass is 9.95. The lowest BCUT2D eigenvalue weighted by Gasteiger charge is -2.22. The molecule has 104 valence electrons. The van der Waals surface area contributed by atoms with Crippen LogP contribution in [-0.4, -0.2) is 27.9 Å². The van der Waals surface area contributed by atoms with Crippen LogP contribution in [0.25, 0.3) is 0 Å². The van der Waals surface area contributed by atoms with Crippen molar-refractivity contribution in [2.75, 3.05) is 5.75 Å². The number of thioether (sulfide) groups is 1. The summed E-state index contributed by atoms with van der Waals surface area (Å²) in [7, 11) is 0. The predicted octanol–water partition coefficient (Wildman–Crippen LogP) is 2.03. The zero-order valence-corrected chi connectivity index (χ0v) is 11.9. The van der Waals surface area contributed by atoms with Crippen LogP contribution in [0.15, 0.2) is 9.64 Å². The number of fused-ring (bicyclic) bond motifs is 2. The smallest absolute Gasteiger partial charge is 0.277 e. The summed E-state index contributed by atoms with van der Waals surface area (Å²) < 4.78 is 5.36. The second-order valence-electron chi connectivity index (χ2n) is 5.45. The van der Waals surface area contributed by atoms with Crippen molar-refractivity contribution in [3.05, 3.63) is 5.89 Å². The van der Waals surface area contributed by atoms with Crippen molar-refractivity contribution >= 4 is 17.7 Å². The number of rotatable bonds is 5. The minimum Gasteiger partial charge on any atom is -0.416 e. The highest BCUT2D eigenvalue weighted by molar-refractivity contribution is 7.99. The second-order valence-corrected chi connectivity index (χ2v) is 6.38. The van der Waals surface area contributed by atoms with Gasteiger partial charge in [0, 0.05) is 12.5 Å². The summed E-state index contributed by atoms with van der Waals surface area (Å²) in [6, 6.07) is 0.403. The Labute approximate surface area is 116 Å². The minimum atomic E-state index is 0.0822. The SMILES string of the molecule is CCc1nnc(SCC(=O)N[C@@H]2C[C@H]3CC[C@@H]2C3)o1. The Morgan fingerprint density at radius 3 is 2.95 bits per heavy atom. The maximum absolute atomic E-state index is 11.9. The molecule has 0 aliphatic heterocycles. The summed E-state index contributed by atoms with van der Waals surface area (Å²) in [5, 5.41) is 11.4. The molecule has 2 aliphatic carbocycles. The molecular formula is C13H19N3O2S. The first-order valence-electron chi connectivity index (χ1n) is 6.99. The number of hydrogen-bond acceptors (Lipinski definition) is 5. The van der Waals surface area contributed by atoms with E-state index < -0.39 is 0 Å². The van der Waals surface area contributed by atoms with Crippen LogP contribution < -0.4 is 5.32 Å². The Morgan fingerprint density at radius 1 is 1.42 bits per heavy atom. The summed E-state index contributed by atoms with van der Waals surface area (Å²) in [5.74, 6) is 2.63. The number of carbonyl (C=O) groups is 1. The first-order chi connectivity index (χ1) is 9.24. The topological polar surface area (TPSA) is 68.0 Å². The highest BCUT2D eigenvalue weighted by Gasteiger charge is 2.39. The molecule has 3 atom stereocenters. The molecule has 1 aromatic rings. The molecular weight excluding hydrogens is 262 g/mol. The van der Waals surface area contributed by atoms with Gasteiger partial charge in [-0.25, -0.2) is 0 Å². The zero-order valence-electron chi connectivity index (χ0n) is 11.1. The van der Waals surface area contributed by atoms with Crippen molar-refractivity contribution in [3.63, 3.8) is 0 Å². The van der Waals surface area contributed by atoms with Crippen molar-refractivity contribution in [3.8, 4) is 0 Å². The van der Waals surface area contributed by atoms with E-state index in [0.717, 1.165) is 12.3 Å². The molecule has 5 nitrogen and oxygen atoms in total. The Bertz CT molecular complexity index is 462. The molecule has 1 aromatic heterocycles. The van der Waals surface area contributed by atoms with Crippen LogP contribution in [0.2, 0.25) is 0 Å². The van der Waals surface area contributed by atoms with Crippen molar-refractivity contribution in [1.29, 1.82) is 0 Å². The van der Waals surface area contributed by atoms with Gasteiger partial charge in [-0.05, 0) is 31.1 Å². The maximum atomic E-state index is 11.9. The van der Waals surface area contributed by atoms with Crippen LogP contribution in [0, 0.1) is 11.8 Å². The van der Waals surface area contributed by atoms with Gasteiger partial charge in [0.15, 0.2) is 0 Å². The molecule has 0 aromatic carbocycles. The van der Waals surface area contributed by atoms with Crippen LogP contribution in [-0.2, 0) is 11.2 Å². The van der Waals surface area contributed by atoms with Crippen molar-refractivity contribution < 1.29 is 9.21 Å². The molecule has 3 rings (SSSR count). The van der Waals surface area contributed by atoms with Gasteiger partial charge in [0.25, 0.3) is 5.22 Å². The van der Waals surface area contributed by atoms with E-state index >= 15 is 0 Å². The molecule has 0 spiro atoms. The van der Waals surface area contributed by atoms with Crippen LogP contribution >= 0.6 is 11.8 Å². The zero-order chi connectivity index (χ0) is 13.2. The molecule has 1 amide bonds. The fourth-order valence-electron chi connectivity index (χ4n) is 3.24. The van der Waals surface area contributed by atoms with Gasteiger partial charge >= 0.3 is 0 Å². The van der Waals surface area contributed by atoms with E-state index in [9.17, 15) is 4.79 Å². The molecule has 2 aliphatic rings. The molecule has 1 N–H and O–H groups in total. The number of amides is 1. The Balaban J connectivity index is 1.44. The summed E-state index contributed by atoms with van der Waals surface area (Å²) in [4.78, 5) is 11.9. The molecule has 0 unspecified atom stereocenters. The molecule has 1 heterocycles. The minimum absolute atomic E-state index is 0.0822. The van der Waals surface area contributed by atoms with Crippen LogP contribution in [0.4, 0.5) is 0 Å². The van der Waals surface area contributed by atoms with Gasteiger partial charge in [-0.3, -0.25) is 4.79 Å². The van der Waals surface area contributed by atoms with Gasteiger partial charge < -0.3 is 9.73 Å². The highest BCUT2D eigenvalue weighted by atomic mass is 32.2. The summed E-state index contributed by atoms with van der Waals surface area (Å²) in [6.07, 6.45) is 5.84. The third kappa shape index (κ3) is 2.94. The van der Waals surface area contributed by atoms with E-state index in [4.69, 9.17) is 4.42 Å². The third-order valence-corrected chi connectivity index (χ3v) is 4.98. The van der Waals surface area contributed by atoms with E-state index in [1.54, 1.807) is 0 Å². The Morgan fingerprint density at radius 2 is 2.32 bits per heavy atom. The highest BCUT2D eigenvalue weighted by Crippen LogP contribution is 2.44. The van der Waals surface area contributed by atoms with Crippen LogP contribution in [0.5, 0.6) is 0 Å². The van der Waals surface area contributed by atoms with Gasteiger partial charge in [0.2, 0.25) is 11.8 Å². The standard InChI is InChI=1S/C13H19N3O2S/c1-2-12-15-16-13(18-12)19-7-11(17)14-10-6-8-3-4-9(10)5-8/h8-10H,2-7H2,1H3,(H,14,17)/t8-,9+,10+/m0/s1. The van der Waals surface area contributed by atoms with Crippen LogP contribution in [0.3, 0.4) is 0 Å². The lowest BCUT2D eigenvalue weighted by molar-refractivity contribution is -0.119. The van der Waals surface area contributed by atoms with Crippen molar-refractivity contribution in [2.45, 2.75) is 50.3 Å². The third-order valence-electron chi connectivity index (χ3n) is 4.16. The average molecular weight is 281 g/mol. The maximum Gasteiger partial charge on any atom is 0.277 e. The van der Waals surface area contributed by atoms with Crippen molar-refractivity contribution in [1.82, 2.24) is 15.5 Å². The first kappa shape index (κ1) is 13.0. The molecule has 0 radical (unpaired) electrons. The Hall–Kier alpha value is -1.04. The molecule has 6 heteroatoms. The number of aromatic nitrogens is 2. The fourth-order valence-corrected chi connectivity index (χ4v) is 3.83. The molecule has 2 bridgehead atoms. The van der Waals surface area contributed by atoms with E-state index in [-0.39, 0.29) is 5.91 Å². The quantitative estimate of drug-likeness (QED) is 0.836. The molecule has 2 saturated carbocycles. The van der Waals surface area contributed by atoms with Crippen molar-refractivity contribution in [2.24, 2.45) is 11.8 Å². The van der Waals surface area contributed by atoms with E-state index in [1.807, 2.05) is 6.92 Å². The predicted molar refractivity (Wildman–Crippen MR) is 71.8 cm³/mol. The number of nitrogens with one attached hydrogen (secondary N) is 1. The summed E-state index contributed by atoms with van der Waals surface area (Å²) in [5.41, 5.74) is 0. The molecule has 2 fully saturated rings. The normalized spacial score (nSPS) is 28.8. The van der Waals surface area contributed by atoms with Crippen LogP contribution in [0.1, 0.15) is 38.5 Å². The lowest BCUT2D eigenvalue weighted by Crippen LogP contribution is -2.39. The van der Waals surface area contributed by atoms with Gasteiger partial charge in [0.05, 0.1) is 5.75 Å². The number of aryl methyl sites for hydroxylation is 1. The second kappa shape index (κ2) is 5.53. The van der Waals surface area contributed by atoms with E-state index in [0.29, 0.717) is 28.8 Å². The molecule has 19 heavy (non-hydrogen) atoms. The number of carbonyl (C=O) groups excluding carboxylic acids is 1. The first-order valence-corrected chi connectivity index (χ1v) is 7.97. The van der Waals surface area contributed by atoms with Gasteiger partial charge in [-0.2, -0.15) is 0 Å². The summed E-state index contributed by atoms with van der Waals surface area (Å²) >= 11 is 1.32. The number of hydrogen-bond donors (Lipinski definition) is 1. The van der Waals surface area contributed by atoms with E-state index in [2.05, 4.69) is 15.5 Å². The van der Waals surface area contributed by atoms with Gasteiger partial charge in [-0.1, -0.05) is 25.1 Å². The van der Waals surface area contributed by atoms with Gasteiger partial charge in [-0.15, -0.1) is 10.2 Å². The van der Waals surface area contributed by atoms with E-state index in [1.165, 1.54) is 37.4 Å². The molecule has 0 saturated heterocycles. The fraction of sp³-hybridized carbons (Fsp3) is 0.769. The Kier molecular flexibility index (Phi) is 3.77. The average Bonchev–Trinajstić information content (AvgIpc) is 3.12. The largest absolute Gasteiger partial charge is 0.416 e. The summed E-state index contributed by atoms with van der Waals surface area (Å²) in [6.45, 7) is 1.96. The number of nitrogens with zero attached hydrogens (tertiary/aromatic N) is 2. The van der Waals surface area contributed by atoms with Gasteiger partial charge in [0.1, 0.15) is 0 Å². The monoisotopic (exact) mass is 281 g/mol.